The molecule has 0 spiro atoms. The van der Waals surface area contributed by atoms with Gasteiger partial charge >= 0.3 is 5.97 Å². The first-order chi connectivity index (χ1) is 16.1. The van der Waals surface area contributed by atoms with Crippen molar-refractivity contribution in [3.63, 3.8) is 0 Å². The van der Waals surface area contributed by atoms with Gasteiger partial charge in [0.05, 0.1) is 12.1 Å². The van der Waals surface area contributed by atoms with Gasteiger partial charge in [0.1, 0.15) is 12.1 Å². The quantitative estimate of drug-likeness (QED) is 0.301. The van der Waals surface area contributed by atoms with Crippen LogP contribution in [-0.4, -0.2) is 75.6 Å². The average molecular weight is 477 g/mol. The summed E-state index contributed by atoms with van der Waals surface area (Å²) in [5, 5.41) is 23.9. The number of benzene rings is 1. The normalized spacial score (nSPS) is 20.0. The zero-order valence-electron chi connectivity index (χ0n) is 19.9. The summed E-state index contributed by atoms with van der Waals surface area (Å²) in [6.45, 7) is 5.25. The fourth-order valence-electron chi connectivity index (χ4n) is 4.05. The number of hydrogen-bond acceptors (Lipinski definition) is 6. The number of rotatable bonds is 11. The Morgan fingerprint density at radius 2 is 1.76 bits per heavy atom. The highest BCUT2D eigenvalue weighted by molar-refractivity contribution is 5.94. The Morgan fingerprint density at radius 3 is 2.32 bits per heavy atom. The molecule has 0 aliphatic carbocycles. The Balaban J connectivity index is 2.10. The summed E-state index contributed by atoms with van der Waals surface area (Å²) in [6, 6.07) is 5.29. The molecule has 0 bridgehead atoms. The van der Waals surface area contributed by atoms with Crippen molar-refractivity contribution >= 4 is 23.7 Å². The number of carbonyl (C=O) groups excluding carboxylic acids is 3. The van der Waals surface area contributed by atoms with Gasteiger partial charge in [0.15, 0.2) is 6.04 Å². The van der Waals surface area contributed by atoms with Crippen LogP contribution in [0.1, 0.15) is 45.6 Å². The number of nitrogens with zero attached hydrogens (tertiary/aromatic N) is 1. The number of hydrogen-bond donors (Lipinski definition) is 5. The third-order valence-electron chi connectivity index (χ3n) is 6.29. The molecule has 10 nitrogen and oxygen atoms in total. The molecule has 0 aromatic heterocycles. The molecule has 188 valence electrons. The fourth-order valence-corrected chi connectivity index (χ4v) is 4.05. The minimum Gasteiger partial charge on any atom is -0.480 e. The van der Waals surface area contributed by atoms with Gasteiger partial charge in [-0.3, -0.25) is 14.4 Å². The standard InChI is InChI=1S/C24H36N4O6/c1-4-14(2)19(22(31)27-20(15(3)29)24(33)34)26-21(30)18-11-8-12-28(18)23(32)17(25)13-16-9-6-5-7-10-16/h5-7,9-10,14-15,17-20,29H,4,8,11-13,25H2,1-3H3,(H,26,30)(H,27,31)(H,33,34). The molecule has 2 rings (SSSR count). The Bertz CT molecular complexity index is 862. The van der Waals surface area contributed by atoms with Crippen LogP contribution in [0.15, 0.2) is 30.3 Å². The molecule has 1 fully saturated rings. The number of carboxylic acids is 1. The molecule has 6 unspecified atom stereocenters. The first kappa shape index (κ1) is 27.3. The highest BCUT2D eigenvalue weighted by atomic mass is 16.4. The van der Waals surface area contributed by atoms with E-state index in [1.807, 2.05) is 37.3 Å². The molecule has 0 radical (unpaired) electrons. The molecule has 1 aliphatic rings. The lowest BCUT2D eigenvalue weighted by molar-refractivity contribution is -0.146. The third kappa shape index (κ3) is 7.01. The highest BCUT2D eigenvalue weighted by Gasteiger charge is 2.39. The topological polar surface area (TPSA) is 162 Å². The fraction of sp³-hybridized carbons (Fsp3) is 0.583. The molecule has 6 N–H and O–H groups in total. The van der Waals surface area contributed by atoms with Crippen LogP contribution in [0.3, 0.4) is 0 Å². The van der Waals surface area contributed by atoms with Gasteiger partial charge in [-0.1, -0.05) is 50.6 Å². The van der Waals surface area contributed by atoms with E-state index in [-0.39, 0.29) is 11.8 Å². The van der Waals surface area contributed by atoms with Crippen molar-refractivity contribution in [1.29, 1.82) is 0 Å². The molecular weight excluding hydrogens is 440 g/mol. The maximum atomic E-state index is 13.1. The van der Waals surface area contributed by atoms with Crippen LogP contribution in [-0.2, 0) is 25.6 Å². The van der Waals surface area contributed by atoms with Crippen molar-refractivity contribution in [2.75, 3.05) is 6.54 Å². The van der Waals surface area contributed by atoms with Crippen LogP contribution in [0.5, 0.6) is 0 Å². The van der Waals surface area contributed by atoms with Gasteiger partial charge in [0, 0.05) is 6.54 Å². The molecule has 1 aromatic carbocycles. The van der Waals surface area contributed by atoms with Gasteiger partial charge in [0.2, 0.25) is 17.7 Å². The molecule has 1 heterocycles. The monoisotopic (exact) mass is 476 g/mol. The predicted molar refractivity (Wildman–Crippen MR) is 125 cm³/mol. The minimum atomic E-state index is -1.50. The van der Waals surface area contributed by atoms with Gasteiger partial charge in [-0.05, 0) is 37.7 Å². The van der Waals surface area contributed by atoms with E-state index < -0.39 is 48.1 Å². The Hall–Kier alpha value is -2.98. The van der Waals surface area contributed by atoms with Crippen molar-refractivity contribution in [3.05, 3.63) is 35.9 Å². The number of likely N-dealkylation sites (tertiary alicyclic amines) is 1. The maximum absolute atomic E-state index is 13.1. The number of carbonyl (C=O) groups is 4. The van der Waals surface area contributed by atoms with Crippen molar-refractivity contribution in [2.24, 2.45) is 11.7 Å². The number of nitrogens with one attached hydrogen (secondary N) is 2. The second-order valence-corrected chi connectivity index (χ2v) is 8.92. The van der Waals surface area contributed by atoms with Crippen LogP contribution >= 0.6 is 0 Å². The van der Waals surface area contributed by atoms with E-state index in [0.717, 1.165) is 5.56 Å². The van der Waals surface area contributed by atoms with Crippen LogP contribution < -0.4 is 16.4 Å². The van der Waals surface area contributed by atoms with Gasteiger partial charge in [0.25, 0.3) is 0 Å². The van der Waals surface area contributed by atoms with E-state index in [1.165, 1.54) is 11.8 Å². The second kappa shape index (κ2) is 12.5. The molecule has 34 heavy (non-hydrogen) atoms. The number of amides is 3. The molecule has 3 amide bonds. The van der Waals surface area contributed by atoms with E-state index in [9.17, 15) is 29.4 Å². The van der Waals surface area contributed by atoms with Gasteiger partial charge < -0.3 is 31.5 Å². The molecule has 1 saturated heterocycles. The van der Waals surface area contributed by atoms with Crippen LogP contribution in [0.25, 0.3) is 0 Å². The summed E-state index contributed by atoms with van der Waals surface area (Å²) in [7, 11) is 0. The lowest BCUT2D eigenvalue weighted by Gasteiger charge is -2.30. The predicted octanol–water partition coefficient (Wildman–Crippen LogP) is 0.0285. The van der Waals surface area contributed by atoms with E-state index >= 15 is 0 Å². The Morgan fingerprint density at radius 1 is 1.12 bits per heavy atom. The van der Waals surface area contributed by atoms with E-state index in [4.69, 9.17) is 5.73 Å². The molecule has 10 heteroatoms. The average Bonchev–Trinajstić information content (AvgIpc) is 3.29. The van der Waals surface area contributed by atoms with Crippen molar-refractivity contribution in [1.82, 2.24) is 15.5 Å². The summed E-state index contributed by atoms with van der Waals surface area (Å²) >= 11 is 0. The van der Waals surface area contributed by atoms with Crippen molar-refractivity contribution in [3.8, 4) is 0 Å². The van der Waals surface area contributed by atoms with E-state index in [0.29, 0.717) is 32.2 Å². The van der Waals surface area contributed by atoms with E-state index in [2.05, 4.69) is 10.6 Å². The summed E-state index contributed by atoms with van der Waals surface area (Å²) in [5.74, 6) is -3.20. The SMILES string of the molecule is CCC(C)C(NC(=O)C1CCCN1C(=O)C(N)Cc1ccccc1)C(=O)NC(C(=O)O)C(C)O. The molecular formula is C24H36N4O6. The second-order valence-electron chi connectivity index (χ2n) is 8.92. The molecule has 0 saturated carbocycles. The summed E-state index contributed by atoms with van der Waals surface area (Å²) in [6.07, 6.45) is 0.642. The third-order valence-corrected chi connectivity index (χ3v) is 6.29. The number of aliphatic carboxylic acids is 1. The molecule has 1 aliphatic heterocycles. The maximum Gasteiger partial charge on any atom is 0.328 e. The number of carboxylic acid groups (broad SMARTS) is 1. The van der Waals surface area contributed by atoms with E-state index in [1.54, 1.807) is 6.92 Å². The lowest BCUT2D eigenvalue weighted by Crippen LogP contribution is -2.59. The first-order valence-corrected chi connectivity index (χ1v) is 11.7. The zero-order valence-corrected chi connectivity index (χ0v) is 19.9. The number of aliphatic hydroxyl groups excluding tert-OH is 1. The summed E-state index contributed by atoms with van der Waals surface area (Å²) in [5.41, 5.74) is 7.08. The molecule has 6 atom stereocenters. The van der Waals surface area contributed by atoms with Gasteiger partial charge in [-0.15, -0.1) is 0 Å². The van der Waals surface area contributed by atoms with Crippen molar-refractivity contribution in [2.45, 2.75) is 76.7 Å². The van der Waals surface area contributed by atoms with Gasteiger partial charge in [-0.25, -0.2) is 4.79 Å². The molecule has 1 aromatic rings. The number of aliphatic hydroxyl groups is 1. The lowest BCUT2D eigenvalue weighted by atomic mass is 9.97. The Labute approximate surface area is 199 Å². The van der Waals surface area contributed by atoms with Crippen LogP contribution in [0.4, 0.5) is 0 Å². The minimum absolute atomic E-state index is 0.307. The summed E-state index contributed by atoms with van der Waals surface area (Å²) in [4.78, 5) is 51.8. The smallest absolute Gasteiger partial charge is 0.328 e. The number of nitrogens with two attached hydrogens (primary N) is 1. The first-order valence-electron chi connectivity index (χ1n) is 11.7. The van der Waals surface area contributed by atoms with Crippen LogP contribution in [0, 0.1) is 5.92 Å². The Kier molecular flexibility index (Phi) is 10.0. The van der Waals surface area contributed by atoms with Crippen molar-refractivity contribution < 1.29 is 29.4 Å². The highest BCUT2D eigenvalue weighted by Crippen LogP contribution is 2.20. The summed E-state index contributed by atoms with van der Waals surface area (Å²) < 4.78 is 0. The largest absolute Gasteiger partial charge is 0.480 e. The van der Waals surface area contributed by atoms with Gasteiger partial charge in [-0.2, -0.15) is 0 Å². The zero-order chi connectivity index (χ0) is 25.4. The van der Waals surface area contributed by atoms with Crippen LogP contribution in [0.2, 0.25) is 0 Å².